The van der Waals surface area contributed by atoms with Crippen LogP contribution in [-0.2, 0) is 0 Å². The molecule has 1 aromatic carbocycles. The molecule has 2 unspecified atom stereocenters. The maximum absolute atomic E-state index is 13.0. The van der Waals surface area contributed by atoms with Gasteiger partial charge in [-0.3, -0.25) is 0 Å². The smallest absolute Gasteiger partial charge is 0.123 e. The van der Waals surface area contributed by atoms with Crippen molar-refractivity contribution in [3.8, 4) is 0 Å². The Labute approximate surface area is 111 Å². The van der Waals surface area contributed by atoms with Crippen LogP contribution in [0.3, 0.4) is 0 Å². The van der Waals surface area contributed by atoms with E-state index >= 15 is 0 Å². The Morgan fingerprint density at radius 1 is 1.17 bits per heavy atom. The summed E-state index contributed by atoms with van der Waals surface area (Å²) in [5, 5.41) is 3.67. The van der Waals surface area contributed by atoms with E-state index in [0.29, 0.717) is 6.04 Å². The number of benzene rings is 1. The Morgan fingerprint density at radius 2 is 1.72 bits per heavy atom. The minimum atomic E-state index is -0.173. The van der Waals surface area contributed by atoms with Gasteiger partial charge in [0, 0.05) is 12.1 Å². The summed E-state index contributed by atoms with van der Waals surface area (Å²) >= 11 is 0. The molecule has 0 aliphatic rings. The molecular weight excluding hydrogens is 225 g/mol. The second kappa shape index (κ2) is 6.33. The average Bonchev–Trinajstić information content (AvgIpc) is 2.26. The minimum absolute atomic E-state index is 0.111. The van der Waals surface area contributed by atoms with Crippen molar-refractivity contribution in [3.05, 3.63) is 35.6 Å². The van der Waals surface area contributed by atoms with Gasteiger partial charge in [-0.1, -0.05) is 46.2 Å². The molecule has 0 radical (unpaired) electrons. The van der Waals surface area contributed by atoms with Crippen molar-refractivity contribution in [3.63, 3.8) is 0 Å². The van der Waals surface area contributed by atoms with Crippen molar-refractivity contribution >= 4 is 0 Å². The van der Waals surface area contributed by atoms with Crippen LogP contribution in [0, 0.1) is 11.2 Å². The molecule has 0 fully saturated rings. The molecule has 0 aliphatic heterocycles. The first kappa shape index (κ1) is 15.2. The fraction of sp³-hybridized carbons (Fsp3) is 0.625. The lowest BCUT2D eigenvalue weighted by atomic mass is 9.82. The first-order valence-electron chi connectivity index (χ1n) is 6.86. The normalized spacial score (nSPS) is 15.4. The van der Waals surface area contributed by atoms with E-state index in [0.717, 1.165) is 12.0 Å². The van der Waals surface area contributed by atoms with Crippen LogP contribution in [0.2, 0.25) is 0 Å². The van der Waals surface area contributed by atoms with E-state index in [2.05, 4.69) is 39.9 Å². The maximum Gasteiger partial charge on any atom is 0.123 e. The summed E-state index contributed by atoms with van der Waals surface area (Å²) in [6.45, 7) is 11.1. The molecule has 18 heavy (non-hydrogen) atoms. The van der Waals surface area contributed by atoms with Gasteiger partial charge in [-0.2, -0.15) is 0 Å². The topological polar surface area (TPSA) is 12.0 Å². The highest BCUT2D eigenvalue weighted by molar-refractivity contribution is 5.21. The van der Waals surface area contributed by atoms with Crippen LogP contribution in [0.4, 0.5) is 4.39 Å². The number of nitrogens with one attached hydrogen (secondary N) is 1. The van der Waals surface area contributed by atoms with Crippen LogP contribution >= 0.6 is 0 Å². The van der Waals surface area contributed by atoms with Crippen LogP contribution in [0.5, 0.6) is 0 Å². The molecule has 0 aliphatic carbocycles. The van der Waals surface area contributed by atoms with Crippen molar-refractivity contribution in [1.29, 1.82) is 0 Å². The molecule has 2 heteroatoms. The first-order valence-corrected chi connectivity index (χ1v) is 6.86. The van der Waals surface area contributed by atoms with E-state index in [1.807, 2.05) is 12.1 Å². The zero-order valence-electron chi connectivity index (χ0n) is 12.3. The summed E-state index contributed by atoms with van der Waals surface area (Å²) in [4.78, 5) is 0. The van der Waals surface area contributed by atoms with Gasteiger partial charge < -0.3 is 5.32 Å². The maximum atomic E-state index is 13.0. The van der Waals surface area contributed by atoms with E-state index in [-0.39, 0.29) is 17.3 Å². The molecular formula is C16H26FN. The van der Waals surface area contributed by atoms with Crippen LogP contribution in [0.25, 0.3) is 0 Å². The number of halogens is 1. The Bertz CT molecular complexity index is 350. The molecule has 1 N–H and O–H groups in total. The molecule has 2 atom stereocenters. The third-order valence-electron chi connectivity index (χ3n) is 3.24. The summed E-state index contributed by atoms with van der Waals surface area (Å²) in [5.74, 6) is -0.173. The summed E-state index contributed by atoms with van der Waals surface area (Å²) in [5.41, 5.74) is 1.27. The second-order valence-corrected chi connectivity index (χ2v) is 6.21. The summed E-state index contributed by atoms with van der Waals surface area (Å²) in [7, 11) is 0. The third-order valence-corrected chi connectivity index (χ3v) is 3.24. The van der Waals surface area contributed by atoms with Gasteiger partial charge in [-0.05, 0) is 36.5 Å². The lowest BCUT2D eigenvalue weighted by Gasteiger charge is -2.34. The number of rotatable bonds is 5. The van der Waals surface area contributed by atoms with E-state index < -0.39 is 0 Å². The van der Waals surface area contributed by atoms with Crippen LogP contribution in [0.1, 0.15) is 59.1 Å². The highest BCUT2D eigenvalue weighted by Gasteiger charge is 2.27. The molecule has 1 rings (SSSR count). The predicted octanol–water partition coefficient (Wildman–Crippen LogP) is 4.69. The van der Waals surface area contributed by atoms with Gasteiger partial charge in [-0.25, -0.2) is 4.39 Å². The van der Waals surface area contributed by atoms with Gasteiger partial charge in [0.2, 0.25) is 0 Å². The quantitative estimate of drug-likeness (QED) is 0.800. The van der Waals surface area contributed by atoms with Gasteiger partial charge in [0.15, 0.2) is 0 Å². The Balaban J connectivity index is 2.88. The Hall–Kier alpha value is -0.890. The molecule has 0 bridgehead atoms. The Morgan fingerprint density at radius 3 is 2.17 bits per heavy atom. The molecule has 0 heterocycles. The number of hydrogen-bond acceptors (Lipinski definition) is 1. The van der Waals surface area contributed by atoms with Crippen LogP contribution < -0.4 is 5.32 Å². The molecule has 0 amide bonds. The Kier molecular flexibility index (Phi) is 5.33. The van der Waals surface area contributed by atoms with E-state index in [9.17, 15) is 4.39 Å². The highest BCUT2D eigenvalue weighted by atomic mass is 19.1. The lowest BCUT2D eigenvalue weighted by molar-refractivity contribution is 0.249. The van der Waals surface area contributed by atoms with Gasteiger partial charge in [-0.15, -0.1) is 0 Å². The summed E-state index contributed by atoms with van der Waals surface area (Å²) in [6.07, 6.45) is 2.34. The van der Waals surface area contributed by atoms with Crippen LogP contribution in [-0.4, -0.2) is 6.04 Å². The molecule has 102 valence electrons. The molecule has 0 spiro atoms. The number of hydrogen-bond donors (Lipinski definition) is 1. The van der Waals surface area contributed by atoms with Gasteiger partial charge >= 0.3 is 0 Å². The summed E-state index contributed by atoms with van der Waals surface area (Å²) < 4.78 is 13.0. The van der Waals surface area contributed by atoms with Crippen LogP contribution in [0.15, 0.2) is 24.3 Å². The third kappa shape index (κ3) is 4.41. The molecule has 0 saturated carbocycles. The SMILES string of the molecule is CCCC(C)NC(c1ccc(F)cc1)C(C)(C)C. The monoisotopic (exact) mass is 251 g/mol. The van der Waals surface area contributed by atoms with Gasteiger partial charge in [0.05, 0.1) is 0 Å². The van der Waals surface area contributed by atoms with Gasteiger partial charge in [0.1, 0.15) is 5.82 Å². The standard InChI is InChI=1S/C16H26FN/c1-6-7-12(2)18-15(16(3,4)5)13-8-10-14(17)11-9-13/h8-12,15,18H,6-7H2,1-5H3. The molecule has 0 saturated heterocycles. The lowest BCUT2D eigenvalue weighted by Crippen LogP contribution is -2.37. The van der Waals surface area contributed by atoms with E-state index in [1.54, 1.807) is 12.1 Å². The molecule has 0 aromatic heterocycles. The highest BCUT2D eigenvalue weighted by Crippen LogP contribution is 2.33. The van der Waals surface area contributed by atoms with Crippen molar-refractivity contribution in [2.24, 2.45) is 5.41 Å². The van der Waals surface area contributed by atoms with E-state index in [4.69, 9.17) is 0 Å². The van der Waals surface area contributed by atoms with Crippen molar-refractivity contribution in [2.45, 2.75) is 59.5 Å². The fourth-order valence-corrected chi connectivity index (χ4v) is 2.30. The predicted molar refractivity (Wildman–Crippen MR) is 76.1 cm³/mol. The molecule has 1 aromatic rings. The van der Waals surface area contributed by atoms with Crippen molar-refractivity contribution < 1.29 is 4.39 Å². The zero-order valence-corrected chi connectivity index (χ0v) is 12.3. The van der Waals surface area contributed by atoms with Crippen molar-refractivity contribution in [2.75, 3.05) is 0 Å². The second-order valence-electron chi connectivity index (χ2n) is 6.21. The summed E-state index contributed by atoms with van der Waals surface area (Å²) in [6, 6.07) is 7.58. The first-order chi connectivity index (χ1) is 8.34. The zero-order chi connectivity index (χ0) is 13.8. The largest absolute Gasteiger partial charge is 0.307 e. The van der Waals surface area contributed by atoms with E-state index in [1.165, 1.54) is 6.42 Å². The van der Waals surface area contributed by atoms with Gasteiger partial charge in [0.25, 0.3) is 0 Å². The van der Waals surface area contributed by atoms with Crippen molar-refractivity contribution in [1.82, 2.24) is 5.32 Å². The molecule has 1 nitrogen and oxygen atoms in total. The minimum Gasteiger partial charge on any atom is -0.307 e. The fourth-order valence-electron chi connectivity index (χ4n) is 2.30. The average molecular weight is 251 g/mol.